The molecule has 1 saturated heterocycles. The predicted octanol–water partition coefficient (Wildman–Crippen LogP) is 3.09. The van der Waals surface area contributed by atoms with Crippen molar-refractivity contribution in [2.24, 2.45) is 0 Å². The highest BCUT2D eigenvalue weighted by Gasteiger charge is 2.41. The lowest BCUT2D eigenvalue weighted by molar-refractivity contribution is -0.201. The van der Waals surface area contributed by atoms with E-state index in [1.54, 1.807) is 21.7 Å². The first kappa shape index (κ1) is 27.0. The summed E-state index contributed by atoms with van der Waals surface area (Å²) in [5.74, 6) is -2.33. The van der Waals surface area contributed by atoms with E-state index in [4.69, 9.17) is 10.8 Å². The zero-order chi connectivity index (χ0) is 27.6. The molecule has 1 atom stereocenters. The van der Waals surface area contributed by atoms with Gasteiger partial charge in [-0.25, -0.2) is 19.4 Å². The number of amides is 1. The van der Waals surface area contributed by atoms with Gasteiger partial charge in [0.05, 0.1) is 11.4 Å². The fourth-order valence-corrected chi connectivity index (χ4v) is 4.61. The normalized spacial score (nSPS) is 16.2. The number of alkyl halides is 3. The number of hydrogen-bond acceptors (Lipinski definition) is 8. The van der Waals surface area contributed by atoms with Gasteiger partial charge in [-0.05, 0) is 44.1 Å². The number of fused-ring (bicyclic) bond motifs is 1. The summed E-state index contributed by atoms with van der Waals surface area (Å²) in [6.07, 6.45) is -1.10. The van der Waals surface area contributed by atoms with Crippen molar-refractivity contribution >= 4 is 28.7 Å². The minimum absolute atomic E-state index is 0.140. The van der Waals surface area contributed by atoms with Crippen LogP contribution in [-0.4, -0.2) is 74.8 Å². The molecule has 1 amide bonds. The molecule has 3 aromatic rings. The van der Waals surface area contributed by atoms with Gasteiger partial charge < -0.3 is 20.3 Å². The average Bonchev–Trinajstić information content (AvgIpc) is 3.27. The third kappa shape index (κ3) is 5.62. The van der Waals surface area contributed by atoms with Gasteiger partial charge in [0.25, 0.3) is 0 Å². The van der Waals surface area contributed by atoms with E-state index in [0.29, 0.717) is 47.5 Å². The molecule has 1 aromatic carbocycles. The Balaban J connectivity index is 1.81. The number of anilines is 1. The van der Waals surface area contributed by atoms with Crippen LogP contribution in [0.15, 0.2) is 37.2 Å². The minimum Gasteiger partial charge on any atom is -0.454 e. The van der Waals surface area contributed by atoms with Crippen molar-refractivity contribution in [2.75, 3.05) is 32.9 Å². The summed E-state index contributed by atoms with van der Waals surface area (Å²) < 4.78 is 44.8. The second kappa shape index (κ2) is 10.8. The van der Waals surface area contributed by atoms with Crippen molar-refractivity contribution in [3.05, 3.63) is 48.3 Å². The van der Waals surface area contributed by atoms with Crippen molar-refractivity contribution in [1.29, 1.82) is 0 Å². The molecule has 1 aliphatic heterocycles. The highest BCUT2D eigenvalue weighted by molar-refractivity contribution is 5.99. The van der Waals surface area contributed by atoms with E-state index >= 15 is 0 Å². The lowest BCUT2D eigenvalue weighted by Gasteiger charge is -2.32. The molecule has 38 heavy (non-hydrogen) atoms. The molecular weight excluding hydrogens is 503 g/mol. The molecule has 0 radical (unpaired) electrons. The number of benzene rings is 1. The van der Waals surface area contributed by atoms with Crippen LogP contribution in [0.25, 0.3) is 22.3 Å². The van der Waals surface area contributed by atoms with Crippen LogP contribution >= 0.6 is 0 Å². The van der Waals surface area contributed by atoms with Crippen molar-refractivity contribution in [3.63, 3.8) is 0 Å². The van der Waals surface area contributed by atoms with E-state index < -0.39 is 18.8 Å². The number of ether oxygens (including phenoxy) is 1. The Morgan fingerprint density at radius 1 is 1.29 bits per heavy atom. The fraction of sp³-hybridized carbons (Fsp3) is 0.400. The van der Waals surface area contributed by atoms with Crippen molar-refractivity contribution in [1.82, 2.24) is 29.5 Å². The van der Waals surface area contributed by atoms with Crippen molar-refractivity contribution in [3.8, 4) is 11.3 Å². The summed E-state index contributed by atoms with van der Waals surface area (Å²) in [7, 11) is 3.71. The predicted molar refractivity (Wildman–Crippen MR) is 133 cm³/mol. The zero-order valence-corrected chi connectivity index (χ0v) is 21.0. The Morgan fingerprint density at radius 3 is 2.74 bits per heavy atom. The summed E-state index contributed by atoms with van der Waals surface area (Å²) in [5.41, 5.74) is 8.57. The van der Waals surface area contributed by atoms with Gasteiger partial charge in [-0.3, -0.25) is 4.79 Å². The van der Waals surface area contributed by atoms with Gasteiger partial charge in [-0.2, -0.15) is 18.3 Å². The van der Waals surface area contributed by atoms with E-state index in [1.807, 2.05) is 25.1 Å². The van der Waals surface area contributed by atoms with E-state index in [9.17, 15) is 22.8 Å². The second-order valence-corrected chi connectivity index (χ2v) is 9.34. The van der Waals surface area contributed by atoms with E-state index in [-0.39, 0.29) is 17.8 Å². The van der Waals surface area contributed by atoms with Gasteiger partial charge >= 0.3 is 12.1 Å². The van der Waals surface area contributed by atoms with Crippen LogP contribution in [0.2, 0.25) is 0 Å². The van der Waals surface area contributed by atoms with Crippen molar-refractivity contribution in [2.45, 2.75) is 38.2 Å². The number of carbonyl (C=O) groups is 2. The Labute approximate surface area is 216 Å². The molecule has 0 saturated carbocycles. The van der Waals surface area contributed by atoms with Crippen LogP contribution in [-0.2, 0) is 27.5 Å². The highest BCUT2D eigenvalue weighted by Crippen LogP contribution is 2.36. The molecule has 1 unspecified atom stereocenters. The standard InChI is InChI=1S/C25H28F3N7O3/c1-4-19(36)34-9-5-6-17(12-34)35-23-20(22(29)30-14-31-23)21(32-35)18-8-7-15(11-33(2)3)10-16(18)13-38-24(37)25(26,27)28/h4,7-8,10,14,17H,1,5-6,9,11-13H2,2-3H3,(H2,29,30,31). The smallest absolute Gasteiger partial charge is 0.454 e. The zero-order valence-electron chi connectivity index (χ0n) is 21.0. The van der Waals surface area contributed by atoms with Crippen LogP contribution in [0.3, 0.4) is 0 Å². The number of nitrogens with two attached hydrogens (primary N) is 1. The number of rotatable bonds is 7. The largest absolute Gasteiger partial charge is 0.490 e. The number of esters is 1. The monoisotopic (exact) mass is 531 g/mol. The first-order valence-corrected chi connectivity index (χ1v) is 11.9. The van der Waals surface area contributed by atoms with Crippen LogP contribution < -0.4 is 5.73 Å². The lowest BCUT2D eigenvalue weighted by Crippen LogP contribution is -2.40. The molecule has 1 fully saturated rings. The first-order valence-electron chi connectivity index (χ1n) is 11.9. The van der Waals surface area contributed by atoms with Gasteiger partial charge in [0.1, 0.15) is 24.4 Å². The lowest BCUT2D eigenvalue weighted by atomic mass is 10.00. The van der Waals surface area contributed by atoms with Crippen LogP contribution in [0.5, 0.6) is 0 Å². The topological polar surface area (TPSA) is 119 Å². The first-order chi connectivity index (χ1) is 18.0. The number of nitrogen functional groups attached to an aromatic ring is 1. The van der Waals surface area contributed by atoms with Gasteiger partial charge in [0.2, 0.25) is 5.91 Å². The number of piperidine rings is 1. The third-order valence-corrected chi connectivity index (χ3v) is 6.26. The quantitative estimate of drug-likeness (QED) is 0.365. The Hall–Kier alpha value is -4.00. The van der Waals surface area contributed by atoms with E-state index in [2.05, 4.69) is 21.3 Å². The summed E-state index contributed by atoms with van der Waals surface area (Å²) in [6.45, 7) is 4.41. The Kier molecular flexibility index (Phi) is 7.67. The molecule has 0 spiro atoms. The molecule has 13 heteroatoms. The Morgan fingerprint density at radius 2 is 2.05 bits per heavy atom. The summed E-state index contributed by atoms with van der Waals surface area (Å²) in [6, 6.07) is 4.98. The average molecular weight is 532 g/mol. The number of aromatic nitrogens is 4. The molecule has 3 heterocycles. The van der Waals surface area contributed by atoms with Crippen LogP contribution in [0.1, 0.15) is 30.0 Å². The highest BCUT2D eigenvalue weighted by atomic mass is 19.4. The molecule has 0 aliphatic carbocycles. The number of carbonyl (C=O) groups excluding carboxylic acids is 2. The SMILES string of the molecule is C=CC(=O)N1CCCC(n2nc(-c3ccc(CN(C)C)cc3COC(=O)C(F)(F)F)c3c(N)ncnc32)C1. The summed E-state index contributed by atoms with van der Waals surface area (Å²) in [5, 5.41) is 5.21. The second-order valence-electron chi connectivity index (χ2n) is 9.34. The molecule has 2 N–H and O–H groups in total. The number of likely N-dealkylation sites (tertiary alicyclic amines) is 1. The molecular formula is C25H28F3N7O3. The maximum Gasteiger partial charge on any atom is 0.490 e. The number of halogens is 3. The minimum atomic E-state index is -5.12. The molecule has 0 bridgehead atoms. The summed E-state index contributed by atoms with van der Waals surface area (Å²) >= 11 is 0. The van der Waals surface area contributed by atoms with E-state index in [0.717, 1.165) is 18.4 Å². The van der Waals surface area contributed by atoms with Gasteiger partial charge in [-0.15, -0.1) is 0 Å². The van der Waals surface area contributed by atoms with Gasteiger partial charge in [0, 0.05) is 25.2 Å². The maximum atomic E-state index is 12.8. The molecule has 1 aliphatic rings. The molecule has 2 aromatic heterocycles. The van der Waals surface area contributed by atoms with Crippen LogP contribution in [0, 0.1) is 0 Å². The maximum absolute atomic E-state index is 12.8. The third-order valence-electron chi connectivity index (χ3n) is 6.26. The molecule has 4 rings (SSSR count). The van der Waals surface area contributed by atoms with Crippen LogP contribution in [0.4, 0.5) is 19.0 Å². The number of nitrogens with zero attached hydrogens (tertiary/aromatic N) is 6. The fourth-order valence-electron chi connectivity index (χ4n) is 4.61. The van der Waals surface area contributed by atoms with Crippen molar-refractivity contribution < 1.29 is 27.5 Å². The molecule has 10 nitrogen and oxygen atoms in total. The number of hydrogen-bond donors (Lipinski definition) is 1. The van der Waals surface area contributed by atoms with Gasteiger partial charge in [0.15, 0.2) is 5.65 Å². The molecule has 202 valence electrons. The van der Waals surface area contributed by atoms with E-state index in [1.165, 1.54) is 12.4 Å². The van der Waals surface area contributed by atoms with Gasteiger partial charge in [-0.1, -0.05) is 24.8 Å². The Bertz CT molecular complexity index is 1370. The summed E-state index contributed by atoms with van der Waals surface area (Å²) in [4.78, 5) is 35.8.